The zero-order valence-electron chi connectivity index (χ0n) is 11.6. The zero-order valence-corrected chi connectivity index (χ0v) is 11.6. The van der Waals surface area contributed by atoms with Gasteiger partial charge in [0.25, 0.3) is 0 Å². The van der Waals surface area contributed by atoms with Gasteiger partial charge in [-0.2, -0.15) is 0 Å². The maximum absolute atomic E-state index is 11.5. The molecule has 2 aromatic rings. The Morgan fingerprint density at radius 3 is 2.65 bits per heavy atom. The lowest BCUT2D eigenvalue weighted by Gasteiger charge is -2.14. The third-order valence-corrected chi connectivity index (χ3v) is 3.30. The van der Waals surface area contributed by atoms with E-state index in [0.29, 0.717) is 18.8 Å². The Balaban J connectivity index is 2.23. The summed E-state index contributed by atoms with van der Waals surface area (Å²) in [6.45, 7) is 2.68. The molecule has 0 saturated heterocycles. The van der Waals surface area contributed by atoms with E-state index >= 15 is 0 Å². The molecule has 0 aliphatic rings. The summed E-state index contributed by atoms with van der Waals surface area (Å²) in [5.74, 6) is -0.147. The van der Waals surface area contributed by atoms with Crippen LogP contribution in [0.3, 0.4) is 0 Å². The van der Waals surface area contributed by atoms with Crippen LogP contribution >= 0.6 is 0 Å². The van der Waals surface area contributed by atoms with Crippen LogP contribution in [0.1, 0.15) is 24.2 Å². The summed E-state index contributed by atoms with van der Waals surface area (Å²) in [6.07, 6.45) is 3.86. The fourth-order valence-electron chi connectivity index (χ4n) is 2.18. The second kappa shape index (κ2) is 6.23. The Kier molecular flexibility index (Phi) is 4.40. The summed E-state index contributed by atoms with van der Waals surface area (Å²) in [5, 5.41) is 9.45. The first-order chi connectivity index (χ1) is 9.65. The molecule has 1 heterocycles. The van der Waals surface area contributed by atoms with E-state index in [0.717, 1.165) is 11.3 Å². The van der Waals surface area contributed by atoms with Gasteiger partial charge in [0.1, 0.15) is 17.5 Å². The summed E-state index contributed by atoms with van der Waals surface area (Å²) in [4.78, 5) is 15.7. The molecule has 0 aliphatic heterocycles. The highest BCUT2D eigenvalue weighted by atomic mass is 16.5. The maximum atomic E-state index is 11.5. The Morgan fingerprint density at radius 1 is 1.40 bits per heavy atom. The van der Waals surface area contributed by atoms with Crippen molar-refractivity contribution in [2.75, 3.05) is 7.11 Å². The molecular weight excluding hydrogens is 256 g/mol. The van der Waals surface area contributed by atoms with Crippen LogP contribution in [-0.4, -0.2) is 27.7 Å². The molecule has 0 aliphatic carbocycles. The lowest BCUT2D eigenvalue weighted by Crippen LogP contribution is -2.19. The summed E-state index contributed by atoms with van der Waals surface area (Å²) < 4.78 is 6.96. The minimum Gasteiger partial charge on any atom is -0.497 e. The average Bonchev–Trinajstić information content (AvgIpc) is 2.93. The number of aryl methyl sites for hydroxylation is 1. The SMILES string of the molecule is CCn1ccnc1C(Cc1ccc(OC)cc1)C(=O)O. The molecule has 106 valence electrons. The first-order valence-corrected chi connectivity index (χ1v) is 6.52. The third-order valence-electron chi connectivity index (χ3n) is 3.30. The highest BCUT2D eigenvalue weighted by Crippen LogP contribution is 2.21. The summed E-state index contributed by atoms with van der Waals surface area (Å²) >= 11 is 0. The molecule has 20 heavy (non-hydrogen) atoms. The van der Waals surface area contributed by atoms with Gasteiger partial charge in [0.15, 0.2) is 0 Å². The molecule has 0 amide bonds. The van der Waals surface area contributed by atoms with Crippen molar-refractivity contribution in [3.63, 3.8) is 0 Å². The van der Waals surface area contributed by atoms with Crippen LogP contribution in [0.25, 0.3) is 0 Å². The highest BCUT2D eigenvalue weighted by molar-refractivity contribution is 5.75. The van der Waals surface area contributed by atoms with Crippen LogP contribution in [0, 0.1) is 0 Å². The van der Waals surface area contributed by atoms with Gasteiger partial charge in [-0.05, 0) is 31.0 Å². The fourth-order valence-corrected chi connectivity index (χ4v) is 2.18. The van der Waals surface area contributed by atoms with Gasteiger partial charge < -0.3 is 14.4 Å². The number of rotatable bonds is 6. The van der Waals surface area contributed by atoms with E-state index < -0.39 is 11.9 Å². The van der Waals surface area contributed by atoms with Gasteiger partial charge in [-0.15, -0.1) is 0 Å². The van der Waals surface area contributed by atoms with Gasteiger partial charge in [0.05, 0.1) is 7.11 Å². The van der Waals surface area contributed by atoms with Crippen molar-refractivity contribution in [1.29, 1.82) is 0 Å². The van der Waals surface area contributed by atoms with Gasteiger partial charge in [-0.25, -0.2) is 4.98 Å². The molecule has 1 aromatic heterocycles. The number of hydrogen-bond donors (Lipinski definition) is 1. The van der Waals surface area contributed by atoms with Gasteiger partial charge in [0, 0.05) is 18.9 Å². The largest absolute Gasteiger partial charge is 0.497 e. The monoisotopic (exact) mass is 274 g/mol. The zero-order chi connectivity index (χ0) is 14.5. The van der Waals surface area contributed by atoms with Crippen molar-refractivity contribution in [2.45, 2.75) is 25.8 Å². The van der Waals surface area contributed by atoms with Crippen molar-refractivity contribution in [2.24, 2.45) is 0 Å². The Morgan fingerprint density at radius 2 is 2.10 bits per heavy atom. The van der Waals surface area contributed by atoms with Crippen molar-refractivity contribution >= 4 is 5.97 Å². The lowest BCUT2D eigenvalue weighted by atomic mass is 9.98. The summed E-state index contributed by atoms with van der Waals surface area (Å²) in [6, 6.07) is 7.43. The average molecular weight is 274 g/mol. The molecule has 1 aromatic carbocycles. The van der Waals surface area contributed by atoms with Crippen LogP contribution in [-0.2, 0) is 17.8 Å². The van der Waals surface area contributed by atoms with E-state index in [1.54, 1.807) is 19.5 Å². The predicted octanol–water partition coefficient (Wildman–Crippen LogP) is 2.32. The van der Waals surface area contributed by atoms with E-state index in [1.807, 2.05) is 35.8 Å². The molecule has 0 spiro atoms. The number of hydrogen-bond acceptors (Lipinski definition) is 3. The topological polar surface area (TPSA) is 64.4 Å². The second-order valence-corrected chi connectivity index (χ2v) is 4.51. The number of benzene rings is 1. The van der Waals surface area contributed by atoms with E-state index in [4.69, 9.17) is 4.74 Å². The van der Waals surface area contributed by atoms with Crippen LogP contribution in [0.2, 0.25) is 0 Å². The normalized spacial score (nSPS) is 12.1. The second-order valence-electron chi connectivity index (χ2n) is 4.51. The van der Waals surface area contributed by atoms with Crippen LogP contribution < -0.4 is 4.74 Å². The molecule has 0 fully saturated rings. The number of aromatic nitrogens is 2. The number of carboxylic acids is 1. The Labute approximate surface area is 117 Å². The molecule has 0 radical (unpaired) electrons. The first kappa shape index (κ1) is 14.1. The maximum Gasteiger partial charge on any atom is 0.314 e. The molecule has 1 unspecified atom stereocenters. The molecular formula is C15H18N2O3. The number of imidazole rings is 1. The van der Waals surface area contributed by atoms with E-state index in [1.165, 1.54) is 0 Å². The molecule has 1 atom stereocenters. The Bertz CT molecular complexity index is 575. The molecule has 2 rings (SSSR count). The number of carbonyl (C=O) groups is 1. The number of aliphatic carboxylic acids is 1. The highest BCUT2D eigenvalue weighted by Gasteiger charge is 2.24. The summed E-state index contributed by atoms with van der Waals surface area (Å²) in [5.41, 5.74) is 0.948. The van der Waals surface area contributed by atoms with Crippen molar-refractivity contribution in [3.05, 3.63) is 48.0 Å². The first-order valence-electron chi connectivity index (χ1n) is 6.52. The van der Waals surface area contributed by atoms with Gasteiger partial charge in [0.2, 0.25) is 0 Å². The Hall–Kier alpha value is -2.30. The van der Waals surface area contributed by atoms with Crippen molar-refractivity contribution < 1.29 is 14.6 Å². The molecule has 5 nitrogen and oxygen atoms in total. The standard InChI is InChI=1S/C15H18N2O3/c1-3-17-9-8-16-14(17)13(15(18)19)10-11-4-6-12(20-2)7-5-11/h4-9,13H,3,10H2,1-2H3,(H,18,19). The minimum absolute atomic E-state index is 0.413. The van der Waals surface area contributed by atoms with Gasteiger partial charge in [-0.1, -0.05) is 12.1 Å². The number of ether oxygens (including phenoxy) is 1. The van der Waals surface area contributed by atoms with E-state index in [9.17, 15) is 9.90 Å². The fraction of sp³-hybridized carbons (Fsp3) is 0.333. The molecule has 0 bridgehead atoms. The van der Waals surface area contributed by atoms with E-state index in [-0.39, 0.29) is 0 Å². The molecule has 0 saturated carbocycles. The third kappa shape index (κ3) is 2.99. The number of methoxy groups -OCH3 is 1. The predicted molar refractivity (Wildman–Crippen MR) is 75.0 cm³/mol. The van der Waals surface area contributed by atoms with Gasteiger partial charge in [-0.3, -0.25) is 4.79 Å². The van der Waals surface area contributed by atoms with Crippen molar-refractivity contribution in [3.8, 4) is 5.75 Å². The number of carboxylic acid groups (broad SMARTS) is 1. The quantitative estimate of drug-likeness (QED) is 0.878. The molecule has 1 N–H and O–H groups in total. The molecule has 5 heteroatoms. The van der Waals surface area contributed by atoms with Crippen LogP contribution in [0.4, 0.5) is 0 Å². The minimum atomic E-state index is -0.860. The van der Waals surface area contributed by atoms with Gasteiger partial charge >= 0.3 is 5.97 Å². The summed E-state index contributed by atoms with van der Waals surface area (Å²) in [7, 11) is 1.60. The van der Waals surface area contributed by atoms with Crippen LogP contribution in [0.5, 0.6) is 5.75 Å². The van der Waals surface area contributed by atoms with Crippen molar-refractivity contribution in [1.82, 2.24) is 9.55 Å². The van der Waals surface area contributed by atoms with E-state index in [2.05, 4.69) is 4.98 Å². The number of nitrogens with zero attached hydrogens (tertiary/aromatic N) is 2. The van der Waals surface area contributed by atoms with Crippen LogP contribution in [0.15, 0.2) is 36.7 Å². The smallest absolute Gasteiger partial charge is 0.314 e. The lowest BCUT2D eigenvalue weighted by molar-refractivity contribution is -0.139.